The number of alkyl halides is 3. The van der Waals surface area contributed by atoms with E-state index in [1.165, 1.54) is 18.2 Å². The first kappa shape index (κ1) is 23.2. The average molecular weight is 461 g/mol. The molecule has 0 saturated heterocycles. The Morgan fingerprint density at radius 3 is 2.58 bits per heavy atom. The van der Waals surface area contributed by atoms with E-state index < -0.39 is 40.6 Å². The van der Waals surface area contributed by atoms with E-state index in [-0.39, 0.29) is 16.9 Å². The maximum atomic E-state index is 12.8. The van der Waals surface area contributed by atoms with Gasteiger partial charge in [-0.1, -0.05) is 18.2 Å². The van der Waals surface area contributed by atoms with Gasteiger partial charge in [-0.2, -0.15) is 18.3 Å². The number of aromatic carboxylic acids is 1. The number of carbonyl (C=O) groups is 2. The number of hydrogen-bond acceptors (Lipinski definition) is 6. The van der Waals surface area contributed by atoms with Gasteiger partial charge in [-0.15, -0.1) is 0 Å². The first-order chi connectivity index (χ1) is 15.5. The third-order valence-corrected chi connectivity index (χ3v) is 4.36. The number of nitrogens with zero attached hydrogens (tertiary/aromatic N) is 2. The predicted octanol–water partition coefficient (Wildman–Crippen LogP) is 4.26. The fourth-order valence-electron chi connectivity index (χ4n) is 2.82. The summed E-state index contributed by atoms with van der Waals surface area (Å²) in [6, 6.07) is 11.0. The van der Waals surface area contributed by atoms with Gasteiger partial charge in [0, 0.05) is 17.2 Å². The van der Waals surface area contributed by atoms with Crippen molar-refractivity contribution in [3.63, 3.8) is 0 Å². The van der Waals surface area contributed by atoms with Gasteiger partial charge in [0.05, 0.1) is 28.7 Å². The number of carbonyl (C=O) groups excluding carboxylic acids is 1. The number of furan rings is 1. The highest BCUT2D eigenvalue weighted by atomic mass is 19.4. The second-order valence-corrected chi connectivity index (χ2v) is 6.66. The van der Waals surface area contributed by atoms with Crippen LogP contribution in [0.25, 0.3) is 11.3 Å². The first-order valence-electron chi connectivity index (χ1n) is 9.14. The van der Waals surface area contributed by atoms with E-state index in [1.54, 1.807) is 18.2 Å². The summed E-state index contributed by atoms with van der Waals surface area (Å²) in [5, 5.41) is 23.8. The number of hydrogen-bond donors (Lipinski definition) is 2. The largest absolute Gasteiger partial charge is 0.478 e. The van der Waals surface area contributed by atoms with E-state index in [2.05, 4.69) is 10.5 Å². The van der Waals surface area contributed by atoms with Gasteiger partial charge in [-0.25, -0.2) is 10.2 Å². The zero-order valence-corrected chi connectivity index (χ0v) is 16.5. The highest BCUT2D eigenvalue weighted by molar-refractivity contribution is 5.89. The van der Waals surface area contributed by atoms with Gasteiger partial charge >= 0.3 is 12.1 Å². The van der Waals surface area contributed by atoms with Crippen molar-refractivity contribution in [3.8, 4) is 11.3 Å². The van der Waals surface area contributed by atoms with Crippen LogP contribution < -0.4 is 5.43 Å². The van der Waals surface area contributed by atoms with Crippen molar-refractivity contribution in [3.05, 3.63) is 87.2 Å². The minimum Gasteiger partial charge on any atom is -0.478 e. The van der Waals surface area contributed by atoms with Gasteiger partial charge in [0.15, 0.2) is 0 Å². The molecule has 33 heavy (non-hydrogen) atoms. The SMILES string of the molecule is O=C(Cc1ccc(C(F)(F)F)cc1[N+](=O)[O-])NN=Cc1ccc(-c2cccc(C(=O)O)c2)o1. The second-order valence-electron chi connectivity index (χ2n) is 6.66. The molecule has 0 aliphatic heterocycles. The molecule has 0 radical (unpaired) electrons. The van der Waals surface area contributed by atoms with Crippen LogP contribution in [0, 0.1) is 10.1 Å². The lowest BCUT2D eigenvalue weighted by Gasteiger charge is -2.08. The van der Waals surface area contributed by atoms with Crippen molar-refractivity contribution < 1.29 is 37.2 Å². The molecule has 0 aliphatic rings. The Hall–Kier alpha value is -4.48. The zero-order valence-electron chi connectivity index (χ0n) is 16.5. The molecule has 1 heterocycles. The molecule has 0 unspecified atom stereocenters. The molecule has 0 atom stereocenters. The Bertz CT molecular complexity index is 1250. The van der Waals surface area contributed by atoms with Crippen molar-refractivity contribution in [1.82, 2.24) is 5.43 Å². The number of nitrogens with one attached hydrogen (secondary N) is 1. The van der Waals surface area contributed by atoms with Crippen LogP contribution >= 0.6 is 0 Å². The molecule has 3 aromatic rings. The predicted molar refractivity (Wildman–Crippen MR) is 109 cm³/mol. The van der Waals surface area contributed by atoms with Crippen LogP contribution in [0.5, 0.6) is 0 Å². The molecule has 2 N–H and O–H groups in total. The Morgan fingerprint density at radius 2 is 1.91 bits per heavy atom. The number of benzene rings is 2. The fourth-order valence-corrected chi connectivity index (χ4v) is 2.82. The van der Waals surface area contributed by atoms with Crippen molar-refractivity contribution in [2.24, 2.45) is 5.10 Å². The van der Waals surface area contributed by atoms with Gasteiger partial charge < -0.3 is 9.52 Å². The van der Waals surface area contributed by atoms with Crippen LogP contribution in [0.3, 0.4) is 0 Å². The molecule has 0 bridgehead atoms. The van der Waals surface area contributed by atoms with Crippen molar-refractivity contribution in [2.75, 3.05) is 0 Å². The minimum absolute atomic E-state index is 0.0729. The summed E-state index contributed by atoms with van der Waals surface area (Å²) in [5.41, 5.74) is 0.457. The van der Waals surface area contributed by atoms with Gasteiger partial charge in [0.25, 0.3) is 5.69 Å². The van der Waals surface area contributed by atoms with E-state index in [4.69, 9.17) is 9.52 Å². The van der Waals surface area contributed by atoms with Crippen LogP contribution in [-0.4, -0.2) is 28.1 Å². The highest BCUT2D eigenvalue weighted by Crippen LogP contribution is 2.33. The van der Waals surface area contributed by atoms with Crippen molar-refractivity contribution >= 4 is 23.8 Å². The number of rotatable bonds is 7. The van der Waals surface area contributed by atoms with Crippen LogP contribution in [0.15, 0.2) is 64.1 Å². The summed E-state index contributed by atoms with van der Waals surface area (Å²) in [7, 11) is 0. The number of carboxylic acids is 1. The lowest BCUT2D eigenvalue weighted by Crippen LogP contribution is -2.20. The number of nitro benzene ring substituents is 1. The summed E-state index contributed by atoms with van der Waals surface area (Å²) >= 11 is 0. The molecule has 3 rings (SSSR count). The summed E-state index contributed by atoms with van der Waals surface area (Å²) in [5.74, 6) is -1.32. The van der Waals surface area contributed by atoms with Gasteiger partial charge in [0.1, 0.15) is 11.5 Å². The summed E-state index contributed by atoms with van der Waals surface area (Å²) in [6.07, 6.45) is -4.19. The smallest absolute Gasteiger partial charge is 0.416 e. The molecular weight excluding hydrogens is 447 g/mol. The molecule has 1 amide bonds. The summed E-state index contributed by atoms with van der Waals surface area (Å²) in [4.78, 5) is 33.2. The fraction of sp³-hybridized carbons (Fsp3) is 0.0952. The van der Waals surface area contributed by atoms with Crippen LogP contribution in [-0.2, 0) is 17.4 Å². The molecule has 1 aromatic heterocycles. The standard InChI is InChI=1S/C21H14F3N3O6/c22-21(23,24)15-5-4-12(17(10-15)27(31)32)9-19(28)26-25-11-16-6-7-18(33-16)13-2-1-3-14(8-13)20(29)30/h1-8,10-11H,9H2,(H,26,28)(H,29,30). The van der Waals surface area contributed by atoms with E-state index >= 15 is 0 Å². The topological polar surface area (TPSA) is 135 Å². The summed E-state index contributed by atoms with van der Waals surface area (Å²) < 4.78 is 43.8. The maximum absolute atomic E-state index is 12.8. The van der Waals surface area contributed by atoms with Gasteiger partial charge in [-0.05, 0) is 30.3 Å². The van der Waals surface area contributed by atoms with E-state index in [0.717, 1.165) is 12.3 Å². The molecule has 9 nitrogen and oxygen atoms in total. The number of hydrazone groups is 1. The summed E-state index contributed by atoms with van der Waals surface area (Å²) in [6.45, 7) is 0. The number of amides is 1. The third kappa shape index (κ3) is 5.81. The van der Waals surface area contributed by atoms with Crippen LogP contribution in [0.2, 0.25) is 0 Å². The number of halogens is 3. The van der Waals surface area contributed by atoms with Crippen molar-refractivity contribution in [2.45, 2.75) is 12.6 Å². The normalized spacial score (nSPS) is 11.5. The maximum Gasteiger partial charge on any atom is 0.416 e. The Labute approximate surface area is 183 Å². The van der Waals surface area contributed by atoms with E-state index in [1.807, 2.05) is 0 Å². The lowest BCUT2D eigenvalue weighted by molar-refractivity contribution is -0.385. The number of nitro groups is 1. The second kappa shape index (κ2) is 9.34. The molecule has 0 fully saturated rings. The molecule has 2 aromatic carbocycles. The molecule has 0 aliphatic carbocycles. The molecule has 0 saturated carbocycles. The Kier molecular flexibility index (Phi) is 6.56. The molecular formula is C21H14F3N3O6. The molecule has 170 valence electrons. The van der Waals surface area contributed by atoms with E-state index in [9.17, 15) is 32.9 Å². The van der Waals surface area contributed by atoms with Gasteiger partial charge in [-0.3, -0.25) is 14.9 Å². The minimum atomic E-state index is -4.76. The monoisotopic (exact) mass is 461 g/mol. The van der Waals surface area contributed by atoms with Crippen molar-refractivity contribution in [1.29, 1.82) is 0 Å². The first-order valence-corrected chi connectivity index (χ1v) is 9.14. The van der Waals surface area contributed by atoms with E-state index in [0.29, 0.717) is 23.5 Å². The molecule has 12 heteroatoms. The van der Waals surface area contributed by atoms with Crippen LogP contribution in [0.1, 0.15) is 27.2 Å². The van der Waals surface area contributed by atoms with Crippen LogP contribution in [0.4, 0.5) is 18.9 Å². The Balaban J connectivity index is 1.66. The third-order valence-electron chi connectivity index (χ3n) is 4.36. The lowest BCUT2D eigenvalue weighted by atomic mass is 10.1. The molecule has 0 spiro atoms. The average Bonchev–Trinajstić information content (AvgIpc) is 3.22. The zero-order chi connectivity index (χ0) is 24.2. The number of carboxylic acid groups (broad SMARTS) is 1. The quantitative estimate of drug-likeness (QED) is 0.307. The highest BCUT2D eigenvalue weighted by Gasteiger charge is 2.33. The Morgan fingerprint density at radius 1 is 1.15 bits per heavy atom. The van der Waals surface area contributed by atoms with Gasteiger partial charge in [0.2, 0.25) is 5.91 Å².